The average molecular weight is 432 g/mol. The van der Waals surface area contributed by atoms with Crippen LogP contribution in [0.1, 0.15) is 24.5 Å². The molecule has 0 saturated heterocycles. The summed E-state index contributed by atoms with van der Waals surface area (Å²) in [6.45, 7) is 3.17. The Morgan fingerprint density at radius 2 is 1.94 bits per heavy atom. The van der Waals surface area contributed by atoms with Gasteiger partial charge in [-0.15, -0.1) is 0 Å². The maximum Gasteiger partial charge on any atom is 0.303 e. The molecule has 0 atom stereocenters. The van der Waals surface area contributed by atoms with Crippen LogP contribution in [0.25, 0.3) is 22.0 Å². The topological polar surface area (TPSA) is 64.4 Å². The quantitative estimate of drug-likeness (QED) is 0.379. The van der Waals surface area contributed by atoms with Gasteiger partial charge in [0.1, 0.15) is 11.6 Å². The molecule has 3 aromatic carbocycles. The molecule has 0 bridgehead atoms. The summed E-state index contributed by atoms with van der Waals surface area (Å²) in [7, 11) is 0. The molecule has 32 heavy (non-hydrogen) atoms. The zero-order valence-electron chi connectivity index (χ0n) is 17.9. The van der Waals surface area contributed by atoms with Crippen molar-refractivity contribution in [3.05, 3.63) is 83.8 Å². The zero-order valence-corrected chi connectivity index (χ0v) is 17.9. The van der Waals surface area contributed by atoms with E-state index < -0.39 is 5.97 Å². The molecule has 4 aromatic rings. The number of hydrogen-bond acceptors (Lipinski definition) is 3. The third-order valence-corrected chi connectivity index (χ3v) is 5.51. The second kappa shape index (κ2) is 9.64. The first-order valence-electron chi connectivity index (χ1n) is 10.7. The highest BCUT2D eigenvalue weighted by Gasteiger charge is 2.12. The second-order valence-electron chi connectivity index (χ2n) is 7.65. The van der Waals surface area contributed by atoms with E-state index in [-0.39, 0.29) is 12.2 Å². The summed E-state index contributed by atoms with van der Waals surface area (Å²) in [5.41, 5.74) is 4.44. The van der Waals surface area contributed by atoms with Crippen LogP contribution in [0, 0.1) is 5.82 Å². The molecule has 0 spiro atoms. The van der Waals surface area contributed by atoms with Crippen LogP contribution < -0.4 is 4.74 Å². The number of carboxylic acids is 1. The fraction of sp³-hybridized carbons (Fsp3) is 0.231. The number of halogens is 1. The number of rotatable bonds is 9. The molecule has 1 aromatic heterocycles. The molecular formula is C26H25FN2O3. The summed E-state index contributed by atoms with van der Waals surface area (Å²) in [4.78, 5) is 11.0. The van der Waals surface area contributed by atoms with Gasteiger partial charge in [0.15, 0.2) is 0 Å². The smallest absolute Gasteiger partial charge is 0.303 e. The second-order valence-corrected chi connectivity index (χ2v) is 7.65. The highest BCUT2D eigenvalue weighted by Crippen LogP contribution is 2.33. The van der Waals surface area contributed by atoms with Crippen LogP contribution in [0.15, 0.2) is 66.9 Å². The molecule has 6 heteroatoms. The van der Waals surface area contributed by atoms with Crippen molar-refractivity contribution in [1.82, 2.24) is 9.78 Å². The van der Waals surface area contributed by atoms with Crippen LogP contribution in [0.2, 0.25) is 0 Å². The van der Waals surface area contributed by atoms with E-state index in [2.05, 4.69) is 11.2 Å². The minimum absolute atomic E-state index is 0.0647. The van der Waals surface area contributed by atoms with Crippen LogP contribution >= 0.6 is 0 Å². The number of aliphatic carboxylic acids is 1. The van der Waals surface area contributed by atoms with Gasteiger partial charge in [-0.1, -0.05) is 30.3 Å². The first-order valence-corrected chi connectivity index (χ1v) is 10.7. The predicted molar refractivity (Wildman–Crippen MR) is 122 cm³/mol. The zero-order chi connectivity index (χ0) is 22.5. The van der Waals surface area contributed by atoms with Crippen molar-refractivity contribution in [1.29, 1.82) is 0 Å². The van der Waals surface area contributed by atoms with Gasteiger partial charge >= 0.3 is 5.97 Å². The number of nitrogens with zero attached hydrogens (tertiary/aromatic N) is 2. The number of fused-ring (bicyclic) bond motifs is 1. The molecule has 0 saturated carbocycles. The Labute approximate surface area is 186 Å². The Kier molecular flexibility index (Phi) is 6.50. The van der Waals surface area contributed by atoms with Gasteiger partial charge in [0.2, 0.25) is 0 Å². The fourth-order valence-corrected chi connectivity index (χ4v) is 3.81. The molecule has 0 fully saturated rings. The van der Waals surface area contributed by atoms with Crippen LogP contribution in [-0.2, 0) is 24.2 Å². The lowest BCUT2D eigenvalue weighted by Crippen LogP contribution is -2.04. The van der Waals surface area contributed by atoms with Gasteiger partial charge in [-0.25, -0.2) is 4.39 Å². The first kappa shape index (κ1) is 21.6. The number of carboxylic acid groups (broad SMARTS) is 1. The van der Waals surface area contributed by atoms with Crippen LogP contribution in [0.5, 0.6) is 5.75 Å². The number of aromatic nitrogens is 2. The normalized spacial score (nSPS) is 11.1. The van der Waals surface area contributed by atoms with Crippen LogP contribution in [-0.4, -0.2) is 27.5 Å². The molecule has 0 aliphatic carbocycles. The van der Waals surface area contributed by atoms with Crippen molar-refractivity contribution < 1.29 is 19.0 Å². The lowest BCUT2D eigenvalue weighted by Gasteiger charge is -2.14. The summed E-state index contributed by atoms with van der Waals surface area (Å²) in [5, 5.41) is 14.5. The van der Waals surface area contributed by atoms with E-state index in [1.54, 1.807) is 12.1 Å². The molecule has 0 radical (unpaired) electrons. The Morgan fingerprint density at radius 1 is 1.09 bits per heavy atom. The largest absolute Gasteiger partial charge is 0.493 e. The summed E-state index contributed by atoms with van der Waals surface area (Å²) < 4.78 is 21.9. The third-order valence-electron chi connectivity index (χ3n) is 5.51. The van der Waals surface area contributed by atoms with Crippen molar-refractivity contribution in [2.24, 2.45) is 0 Å². The molecule has 0 amide bonds. The first-order chi connectivity index (χ1) is 15.5. The van der Waals surface area contributed by atoms with Crippen molar-refractivity contribution in [3.63, 3.8) is 0 Å². The van der Waals surface area contributed by atoms with Gasteiger partial charge in [-0.2, -0.15) is 5.10 Å². The predicted octanol–water partition coefficient (Wildman–Crippen LogP) is 5.50. The molecular weight excluding hydrogens is 407 g/mol. The fourth-order valence-electron chi connectivity index (χ4n) is 3.81. The Balaban J connectivity index is 1.63. The summed E-state index contributed by atoms with van der Waals surface area (Å²) in [6.07, 6.45) is 2.80. The van der Waals surface area contributed by atoms with Gasteiger partial charge in [-0.3, -0.25) is 9.48 Å². The van der Waals surface area contributed by atoms with Crippen LogP contribution in [0.3, 0.4) is 0 Å². The monoisotopic (exact) mass is 432 g/mol. The Hall–Kier alpha value is -3.67. The highest BCUT2D eigenvalue weighted by molar-refractivity contribution is 5.86. The van der Waals surface area contributed by atoms with Crippen LogP contribution in [0.4, 0.5) is 4.39 Å². The maximum absolute atomic E-state index is 13.9. The van der Waals surface area contributed by atoms with Gasteiger partial charge in [0, 0.05) is 30.3 Å². The Morgan fingerprint density at radius 3 is 2.72 bits per heavy atom. The molecule has 0 aliphatic rings. The van der Waals surface area contributed by atoms with E-state index in [0.717, 1.165) is 34.1 Å². The Bertz CT molecular complexity index is 1250. The van der Waals surface area contributed by atoms with Crippen molar-refractivity contribution >= 4 is 16.9 Å². The van der Waals surface area contributed by atoms with Gasteiger partial charge in [-0.05, 0) is 60.4 Å². The molecule has 0 unspecified atom stereocenters. The molecule has 4 rings (SSSR count). The number of carbonyl (C=O) groups is 1. The number of ether oxygens (including phenoxy) is 1. The molecule has 1 heterocycles. The molecule has 164 valence electrons. The van der Waals surface area contributed by atoms with E-state index in [9.17, 15) is 9.18 Å². The molecule has 1 N–H and O–H groups in total. The standard InChI is InChI=1S/C26H25FN2O3/c1-2-29-24-10-9-20(16-21(24)17-28-29)22-15-18(8-12-26(30)31)7-11-25(22)32-14-13-19-5-3-4-6-23(19)27/h3-7,9-11,15-17H,2,8,12-14H2,1H3,(H,30,31). The van der Waals surface area contributed by atoms with E-state index in [1.807, 2.05) is 54.2 Å². The molecule has 0 aliphatic heterocycles. The van der Waals surface area contributed by atoms with Gasteiger partial charge < -0.3 is 9.84 Å². The lowest BCUT2D eigenvalue weighted by molar-refractivity contribution is -0.136. The summed E-state index contributed by atoms with van der Waals surface area (Å²) in [5.74, 6) is -0.383. The van der Waals surface area contributed by atoms with Gasteiger partial charge in [0.25, 0.3) is 0 Å². The average Bonchev–Trinajstić information content (AvgIpc) is 3.22. The number of hydrogen-bond donors (Lipinski definition) is 1. The van der Waals surface area contributed by atoms with Crippen molar-refractivity contribution in [3.8, 4) is 16.9 Å². The third kappa shape index (κ3) is 4.80. The highest BCUT2D eigenvalue weighted by atomic mass is 19.1. The van der Waals surface area contributed by atoms with Gasteiger partial charge in [0.05, 0.1) is 18.3 Å². The number of benzene rings is 3. The van der Waals surface area contributed by atoms with Crippen molar-refractivity contribution in [2.45, 2.75) is 32.7 Å². The summed E-state index contributed by atoms with van der Waals surface area (Å²) in [6, 6.07) is 18.5. The van der Waals surface area contributed by atoms with E-state index in [4.69, 9.17) is 9.84 Å². The van der Waals surface area contributed by atoms with E-state index in [0.29, 0.717) is 30.8 Å². The van der Waals surface area contributed by atoms with E-state index >= 15 is 0 Å². The lowest BCUT2D eigenvalue weighted by atomic mass is 9.98. The molecule has 5 nitrogen and oxygen atoms in total. The minimum Gasteiger partial charge on any atom is -0.493 e. The van der Waals surface area contributed by atoms with E-state index in [1.165, 1.54) is 6.07 Å². The maximum atomic E-state index is 13.9. The number of aryl methyl sites for hydroxylation is 2. The SMILES string of the molecule is CCn1ncc2cc(-c3cc(CCC(=O)O)ccc3OCCc3ccccc3F)ccc21. The summed E-state index contributed by atoms with van der Waals surface area (Å²) >= 11 is 0. The van der Waals surface area contributed by atoms with Crippen molar-refractivity contribution in [2.75, 3.05) is 6.61 Å². The minimum atomic E-state index is -0.829.